The number of benzene rings is 3. The molecular formula is C28H31ClN2O2. The van der Waals surface area contributed by atoms with Gasteiger partial charge in [0.2, 0.25) is 0 Å². The summed E-state index contributed by atoms with van der Waals surface area (Å²) in [5.41, 5.74) is 4.47. The van der Waals surface area contributed by atoms with Crippen molar-refractivity contribution in [2.24, 2.45) is 0 Å². The summed E-state index contributed by atoms with van der Waals surface area (Å²) in [6, 6.07) is 21.4. The molecule has 33 heavy (non-hydrogen) atoms. The summed E-state index contributed by atoms with van der Waals surface area (Å²) in [5, 5.41) is 0.644. The summed E-state index contributed by atoms with van der Waals surface area (Å²) >= 11 is 6.41. The molecule has 0 fully saturated rings. The van der Waals surface area contributed by atoms with Gasteiger partial charge in [-0.2, -0.15) is 0 Å². The Labute approximate surface area is 202 Å². The van der Waals surface area contributed by atoms with Crippen LogP contribution in [0, 0.1) is 0 Å². The fraction of sp³-hybridized carbons (Fsp3) is 0.250. The normalized spacial score (nSPS) is 11.5. The van der Waals surface area contributed by atoms with Gasteiger partial charge in [0.15, 0.2) is 5.78 Å². The second-order valence-electron chi connectivity index (χ2n) is 8.48. The van der Waals surface area contributed by atoms with Crippen molar-refractivity contribution in [3.63, 3.8) is 0 Å². The summed E-state index contributed by atoms with van der Waals surface area (Å²) in [6.45, 7) is 2.05. The quantitative estimate of drug-likeness (QED) is 0.277. The molecule has 3 rings (SSSR count). The maximum atomic E-state index is 13.3. The molecule has 3 aromatic carbocycles. The minimum atomic E-state index is -0.108. The van der Waals surface area contributed by atoms with Gasteiger partial charge < -0.3 is 14.5 Å². The third kappa shape index (κ3) is 7.03. The fourth-order valence-electron chi connectivity index (χ4n) is 3.49. The first-order valence-electron chi connectivity index (χ1n) is 11.0. The monoisotopic (exact) mass is 462 g/mol. The number of hydrogen-bond acceptors (Lipinski definition) is 4. The van der Waals surface area contributed by atoms with Crippen LogP contribution >= 0.6 is 11.6 Å². The van der Waals surface area contributed by atoms with Gasteiger partial charge in [-0.15, -0.1) is 0 Å². The van der Waals surface area contributed by atoms with Crippen molar-refractivity contribution in [2.45, 2.75) is 6.54 Å². The predicted octanol–water partition coefficient (Wildman–Crippen LogP) is 5.91. The summed E-state index contributed by atoms with van der Waals surface area (Å²) in [7, 11) is 8.04. The fourth-order valence-corrected chi connectivity index (χ4v) is 3.73. The Hall–Kier alpha value is -2.92. The van der Waals surface area contributed by atoms with Gasteiger partial charge in [0.1, 0.15) is 12.4 Å². The van der Waals surface area contributed by atoms with Crippen LogP contribution in [0.4, 0.5) is 0 Å². The summed E-state index contributed by atoms with van der Waals surface area (Å²) in [5.74, 6) is 0.465. The Bertz CT molecular complexity index is 1120. The highest BCUT2D eigenvalue weighted by Crippen LogP contribution is 2.32. The number of ether oxygens (including phenoxy) is 1. The lowest BCUT2D eigenvalue weighted by Gasteiger charge is -2.15. The van der Waals surface area contributed by atoms with Crippen LogP contribution in [0.1, 0.15) is 21.5 Å². The predicted molar refractivity (Wildman–Crippen MR) is 138 cm³/mol. The molecule has 3 aromatic rings. The third-order valence-corrected chi connectivity index (χ3v) is 5.51. The van der Waals surface area contributed by atoms with E-state index in [2.05, 4.69) is 11.0 Å². The molecule has 0 heterocycles. The van der Waals surface area contributed by atoms with E-state index < -0.39 is 0 Å². The van der Waals surface area contributed by atoms with E-state index >= 15 is 0 Å². The summed E-state index contributed by atoms with van der Waals surface area (Å²) < 4.78 is 5.98. The van der Waals surface area contributed by atoms with Crippen molar-refractivity contribution >= 4 is 23.5 Å². The molecule has 5 heteroatoms. The molecule has 0 atom stereocenters. The Morgan fingerprint density at radius 3 is 2.39 bits per heavy atom. The zero-order valence-corrected chi connectivity index (χ0v) is 20.5. The van der Waals surface area contributed by atoms with Crippen LogP contribution in [0.5, 0.6) is 5.75 Å². The Kier molecular flexibility index (Phi) is 8.84. The Balaban J connectivity index is 1.94. The van der Waals surface area contributed by atoms with Gasteiger partial charge in [-0.25, -0.2) is 0 Å². The molecule has 4 nitrogen and oxygen atoms in total. The molecule has 0 bridgehead atoms. The number of likely N-dealkylation sites (N-methyl/N-ethyl adjacent to an activating group) is 1. The van der Waals surface area contributed by atoms with Gasteiger partial charge >= 0.3 is 0 Å². The maximum Gasteiger partial charge on any atom is 0.189 e. The number of carbonyl (C=O) groups is 1. The van der Waals surface area contributed by atoms with E-state index in [0.717, 1.165) is 29.8 Å². The van der Waals surface area contributed by atoms with E-state index in [9.17, 15) is 4.79 Å². The van der Waals surface area contributed by atoms with Gasteiger partial charge in [0.05, 0.1) is 5.56 Å². The second kappa shape index (κ2) is 11.8. The SMILES string of the molecule is CN(C)CCOc1ccc(-c2ccccc2Cl)cc1C(=O)/C=C/c1ccccc1CN(C)C. The molecule has 0 saturated heterocycles. The average molecular weight is 463 g/mol. The number of hydrogen-bond donors (Lipinski definition) is 0. The van der Waals surface area contributed by atoms with Crippen LogP contribution in [0.2, 0.25) is 5.02 Å². The van der Waals surface area contributed by atoms with Crippen molar-refractivity contribution in [1.29, 1.82) is 0 Å². The molecule has 0 spiro atoms. The van der Waals surface area contributed by atoms with Crippen LogP contribution in [-0.2, 0) is 6.54 Å². The smallest absolute Gasteiger partial charge is 0.189 e. The number of halogens is 1. The van der Waals surface area contributed by atoms with Gasteiger partial charge in [-0.3, -0.25) is 4.79 Å². The maximum absolute atomic E-state index is 13.3. The van der Waals surface area contributed by atoms with Gasteiger partial charge in [-0.05, 0) is 69.2 Å². The van der Waals surface area contributed by atoms with E-state index in [1.165, 1.54) is 5.56 Å². The zero-order chi connectivity index (χ0) is 23.8. The molecular weight excluding hydrogens is 432 g/mol. The molecule has 0 aliphatic heterocycles. The molecule has 172 valence electrons. The minimum Gasteiger partial charge on any atom is -0.491 e. The molecule has 0 radical (unpaired) electrons. The number of allylic oxidation sites excluding steroid dienone is 1. The van der Waals surface area contributed by atoms with Crippen LogP contribution in [0.15, 0.2) is 72.8 Å². The van der Waals surface area contributed by atoms with Gasteiger partial charge in [0, 0.05) is 23.7 Å². The molecule has 0 aromatic heterocycles. The molecule has 0 saturated carbocycles. The first kappa shape index (κ1) is 24.7. The topological polar surface area (TPSA) is 32.8 Å². The first-order chi connectivity index (χ1) is 15.8. The van der Waals surface area contributed by atoms with Crippen LogP contribution < -0.4 is 4.74 Å². The standard InChI is InChI=1S/C28H31ClN2O2/c1-30(2)17-18-33-28-16-14-22(24-11-7-8-12-26(24)29)19-25(28)27(32)15-13-21-9-5-6-10-23(21)20-31(3)4/h5-16,19H,17-18,20H2,1-4H3/b15-13+. The van der Waals surface area contributed by atoms with E-state index in [0.29, 0.717) is 22.9 Å². The lowest BCUT2D eigenvalue weighted by Crippen LogP contribution is -2.20. The van der Waals surface area contributed by atoms with Crippen LogP contribution in [0.3, 0.4) is 0 Å². The molecule has 0 aliphatic carbocycles. The van der Waals surface area contributed by atoms with E-state index in [1.807, 2.05) is 99.8 Å². The molecule has 0 N–H and O–H groups in total. The number of rotatable bonds is 10. The van der Waals surface area contributed by atoms with Crippen molar-refractivity contribution in [1.82, 2.24) is 9.80 Å². The van der Waals surface area contributed by atoms with E-state index in [1.54, 1.807) is 6.08 Å². The van der Waals surface area contributed by atoms with Crippen molar-refractivity contribution < 1.29 is 9.53 Å². The second-order valence-corrected chi connectivity index (χ2v) is 8.88. The first-order valence-corrected chi connectivity index (χ1v) is 11.3. The summed E-state index contributed by atoms with van der Waals surface area (Å²) in [6.07, 6.45) is 3.51. The molecule has 0 aliphatic rings. The zero-order valence-electron chi connectivity index (χ0n) is 19.7. The highest BCUT2D eigenvalue weighted by atomic mass is 35.5. The number of ketones is 1. The number of carbonyl (C=O) groups excluding carboxylic acids is 1. The largest absolute Gasteiger partial charge is 0.491 e. The van der Waals surface area contributed by atoms with Gasteiger partial charge in [-0.1, -0.05) is 66.2 Å². The lowest BCUT2D eigenvalue weighted by molar-refractivity contribution is 0.104. The minimum absolute atomic E-state index is 0.108. The number of nitrogens with zero attached hydrogens (tertiary/aromatic N) is 2. The average Bonchev–Trinajstić information content (AvgIpc) is 2.78. The van der Waals surface area contributed by atoms with Crippen molar-refractivity contribution in [2.75, 3.05) is 41.3 Å². The highest BCUT2D eigenvalue weighted by molar-refractivity contribution is 6.33. The highest BCUT2D eigenvalue weighted by Gasteiger charge is 2.14. The van der Waals surface area contributed by atoms with Crippen LogP contribution in [-0.4, -0.2) is 56.9 Å². The van der Waals surface area contributed by atoms with Gasteiger partial charge in [0.25, 0.3) is 0 Å². The van der Waals surface area contributed by atoms with Crippen LogP contribution in [0.25, 0.3) is 17.2 Å². The Morgan fingerprint density at radius 2 is 1.67 bits per heavy atom. The summed E-state index contributed by atoms with van der Waals surface area (Å²) in [4.78, 5) is 17.5. The van der Waals surface area contributed by atoms with E-state index in [-0.39, 0.29) is 5.78 Å². The van der Waals surface area contributed by atoms with E-state index in [4.69, 9.17) is 16.3 Å². The third-order valence-electron chi connectivity index (χ3n) is 5.18. The lowest BCUT2D eigenvalue weighted by atomic mass is 9.99. The Morgan fingerprint density at radius 1 is 0.939 bits per heavy atom. The molecule has 0 unspecified atom stereocenters. The van der Waals surface area contributed by atoms with Crippen molar-refractivity contribution in [3.8, 4) is 16.9 Å². The molecule has 0 amide bonds. The van der Waals surface area contributed by atoms with Crippen molar-refractivity contribution in [3.05, 3.63) is 94.5 Å².